The molecule has 0 atom stereocenters. The third-order valence-electron chi connectivity index (χ3n) is 1.05. The van der Waals surface area contributed by atoms with Crippen molar-refractivity contribution in [3.05, 3.63) is 23.7 Å². The summed E-state index contributed by atoms with van der Waals surface area (Å²) in [6.45, 7) is 0. The second-order valence-electron chi connectivity index (χ2n) is 1.77. The predicted molar refractivity (Wildman–Crippen MR) is 40.1 cm³/mol. The number of nitrogens with one attached hydrogen (secondary N) is 1. The van der Waals surface area contributed by atoms with Crippen LogP contribution in [0, 0.1) is 5.41 Å². The molecular weight excluding hydrogens is 128 g/mol. The number of nitrogens with zero attached hydrogens (tertiary/aromatic N) is 1. The highest BCUT2D eigenvalue weighted by Gasteiger charge is 1.93. The van der Waals surface area contributed by atoms with E-state index in [1.165, 1.54) is 0 Å². The smallest absolute Gasteiger partial charge is 0.145 e. The molecule has 0 aromatic carbocycles. The lowest BCUT2D eigenvalue weighted by atomic mass is 10.4. The first kappa shape index (κ1) is 6.74. The number of hydrogen-bond acceptors (Lipinski definition) is 3. The van der Waals surface area contributed by atoms with Gasteiger partial charge in [0.2, 0.25) is 0 Å². The van der Waals surface area contributed by atoms with Crippen LogP contribution in [-0.4, -0.2) is 19.5 Å². The van der Waals surface area contributed by atoms with Gasteiger partial charge < -0.3 is 9.83 Å². The molecule has 0 radical (unpaired) electrons. The fourth-order valence-corrected chi connectivity index (χ4v) is 0.643. The molecule has 0 saturated heterocycles. The van der Waals surface area contributed by atoms with Crippen molar-refractivity contribution in [2.75, 3.05) is 7.05 Å². The van der Waals surface area contributed by atoms with Gasteiger partial charge in [-0.2, -0.15) is 0 Å². The summed E-state index contributed by atoms with van der Waals surface area (Å²) in [5, 5.41) is 6.83. The Balaban J connectivity index is 2.87. The van der Waals surface area contributed by atoms with Crippen molar-refractivity contribution in [2.24, 2.45) is 4.99 Å². The van der Waals surface area contributed by atoms with E-state index in [1.807, 2.05) is 0 Å². The molecule has 0 aliphatic carbocycles. The monoisotopic (exact) mass is 136 g/mol. The van der Waals surface area contributed by atoms with Crippen molar-refractivity contribution in [3.8, 4) is 0 Å². The van der Waals surface area contributed by atoms with Crippen molar-refractivity contribution >= 4 is 12.4 Å². The maximum Gasteiger partial charge on any atom is 0.145 e. The van der Waals surface area contributed by atoms with Crippen molar-refractivity contribution < 1.29 is 4.42 Å². The van der Waals surface area contributed by atoms with Crippen molar-refractivity contribution in [3.63, 3.8) is 0 Å². The average Bonchev–Trinajstić information content (AvgIpc) is 2.37. The summed E-state index contributed by atoms with van der Waals surface area (Å²) in [6, 6.07) is 3.50. The van der Waals surface area contributed by atoms with E-state index in [-0.39, 0.29) is 0 Å². The van der Waals surface area contributed by atoms with Crippen LogP contribution in [0.3, 0.4) is 0 Å². The van der Waals surface area contributed by atoms with E-state index in [4.69, 9.17) is 9.83 Å². The van der Waals surface area contributed by atoms with Gasteiger partial charge in [-0.3, -0.25) is 4.99 Å². The lowest BCUT2D eigenvalue weighted by Gasteiger charge is -1.80. The highest BCUT2D eigenvalue weighted by atomic mass is 16.3. The third-order valence-corrected chi connectivity index (χ3v) is 1.05. The minimum atomic E-state index is 0.551. The minimum Gasteiger partial charge on any atom is -0.454 e. The highest BCUT2D eigenvalue weighted by Crippen LogP contribution is 2.01. The summed E-state index contributed by atoms with van der Waals surface area (Å²) in [5.74, 6) is 1.23. The van der Waals surface area contributed by atoms with Gasteiger partial charge in [-0.25, -0.2) is 0 Å². The van der Waals surface area contributed by atoms with Crippen LogP contribution in [0.15, 0.2) is 21.5 Å². The normalized spacial score (nSPS) is 10.5. The molecule has 0 unspecified atom stereocenters. The Kier molecular flexibility index (Phi) is 1.99. The molecule has 0 spiro atoms. The summed E-state index contributed by atoms with van der Waals surface area (Å²) in [5.41, 5.74) is 0. The molecular formula is C7H8N2O. The lowest BCUT2D eigenvalue weighted by Crippen LogP contribution is -1.73. The standard InChI is InChI=1S/C7H8N2O/c1-9-5-7-3-2-6(4-8)10-7/h2-5,8H,1H3/b8-4?,9-5+. The van der Waals surface area contributed by atoms with Gasteiger partial charge in [0.25, 0.3) is 0 Å². The molecule has 10 heavy (non-hydrogen) atoms. The molecule has 0 aliphatic heterocycles. The third kappa shape index (κ3) is 1.31. The van der Waals surface area contributed by atoms with E-state index < -0.39 is 0 Å². The Bertz CT molecular complexity index is 250. The first-order valence-electron chi connectivity index (χ1n) is 2.89. The van der Waals surface area contributed by atoms with Crippen LogP contribution in [0.5, 0.6) is 0 Å². The quantitative estimate of drug-likeness (QED) is 0.612. The number of rotatable bonds is 2. The first-order chi connectivity index (χ1) is 4.86. The van der Waals surface area contributed by atoms with Gasteiger partial charge in [0, 0.05) is 7.05 Å². The molecule has 0 fully saturated rings. The van der Waals surface area contributed by atoms with Crippen molar-refractivity contribution in [1.82, 2.24) is 0 Å². The molecule has 3 heteroatoms. The van der Waals surface area contributed by atoms with E-state index in [9.17, 15) is 0 Å². The van der Waals surface area contributed by atoms with Crippen LogP contribution in [0.25, 0.3) is 0 Å². The SMILES string of the molecule is C/N=C/c1ccc(C=N)o1. The number of aliphatic imine (C=N–C) groups is 1. The van der Waals surface area contributed by atoms with Crippen LogP contribution < -0.4 is 0 Å². The zero-order chi connectivity index (χ0) is 7.40. The fourth-order valence-electron chi connectivity index (χ4n) is 0.643. The van der Waals surface area contributed by atoms with Crippen molar-refractivity contribution in [1.29, 1.82) is 5.41 Å². The summed E-state index contributed by atoms with van der Waals surface area (Å²) in [7, 11) is 1.67. The van der Waals surface area contributed by atoms with Gasteiger partial charge in [-0.05, 0) is 12.1 Å². The van der Waals surface area contributed by atoms with Crippen molar-refractivity contribution in [2.45, 2.75) is 0 Å². The van der Waals surface area contributed by atoms with Gasteiger partial charge in [0.1, 0.15) is 11.5 Å². The topological polar surface area (TPSA) is 49.4 Å². The maximum atomic E-state index is 6.83. The first-order valence-corrected chi connectivity index (χ1v) is 2.89. The largest absolute Gasteiger partial charge is 0.454 e. The van der Waals surface area contributed by atoms with Gasteiger partial charge in [-0.15, -0.1) is 0 Å². The number of hydrogen-bond donors (Lipinski definition) is 1. The van der Waals surface area contributed by atoms with Crippen LogP contribution in [0.2, 0.25) is 0 Å². The van der Waals surface area contributed by atoms with Gasteiger partial charge in [-0.1, -0.05) is 0 Å². The van der Waals surface area contributed by atoms with Crippen LogP contribution in [-0.2, 0) is 0 Å². The number of furan rings is 1. The molecule has 0 amide bonds. The molecule has 1 N–H and O–H groups in total. The minimum absolute atomic E-state index is 0.551. The molecule has 1 aromatic rings. The Morgan fingerprint density at radius 1 is 1.50 bits per heavy atom. The second-order valence-corrected chi connectivity index (χ2v) is 1.77. The molecule has 0 aliphatic rings. The highest BCUT2D eigenvalue weighted by molar-refractivity contribution is 5.79. The molecule has 1 rings (SSSR count). The Morgan fingerprint density at radius 3 is 2.70 bits per heavy atom. The molecule has 1 heterocycles. The van der Waals surface area contributed by atoms with Gasteiger partial charge in [0.05, 0.1) is 12.4 Å². The maximum absolute atomic E-state index is 6.83. The summed E-state index contributed by atoms with van der Waals surface area (Å²) >= 11 is 0. The van der Waals surface area contributed by atoms with Crippen LogP contribution in [0.4, 0.5) is 0 Å². The summed E-state index contributed by atoms with van der Waals surface area (Å²) < 4.78 is 5.08. The lowest BCUT2D eigenvalue weighted by molar-refractivity contribution is 0.553. The van der Waals surface area contributed by atoms with E-state index >= 15 is 0 Å². The molecule has 52 valence electrons. The van der Waals surface area contributed by atoms with Gasteiger partial charge >= 0.3 is 0 Å². The summed E-state index contributed by atoms with van der Waals surface area (Å²) in [4.78, 5) is 3.76. The molecule has 0 bridgehead atoms. The summed E-state index contributed by atoms with van der Waals surface area (Å²) in [6.07, 6.45) is 2.76. The van der Waals surface area contributed by atoms with E-state index in [1.54, 1.807) is 25.4 Å². The van der Waals surface area contributed by atoms with E-state index in [2.05, 4.69) is 4.99 Å². The molecule has 3 nitrogen and oxygen atoms in total. The second kappa shape index (κ2) is 2.96. The van der Waals surface area contributed by atoms with E-state index in [0.29, 0.717) is 11.5 Å². The van der Waals surface area contributed by atoms with Crippen LogP contribution in [0.1, 0.15) is 11.5 Å². The Hall–Kier alpha value is -1.38. The van der Waals surface area contributed by atoms with Crippen LogP contribution >= 0.6 is 0 Å². The van der Waals surface area contributed by atoms with E-state index in [0.717, 1.165) is 6.21 Å². The Morgan fingerprint density at radius 2 is 2.20 bits per heavy atom. The zero-order valence-electron chi connectivity index (χ0n) is 5.66. The fraction of sp³-hybridized carbons (Fsp3) is 0.143. The van der Waals surface area contributed by atoms with Gasteiger partial charge in [0.15, 0.2) is 0 Å². The molecule has 0 saturated carbocycles. The zero-order valence-corrected chi connectivity index (χ0v) is 5.66. The Labute approximate surface area is 58.9 Å². The molecule has 1 aromatic heterocycles. The predicted octanol–water partition coefficient (Wildman–Crippen LogP) is 1.33. The average molecular weight is 136 g/mol.